The van der Waals surface area contributed by atoms with E-state index in [1.54, 1.807) is 78.9 Å². The lowest BCUT2D eigenvalue weighted by atomic mass is 9.77. The van der Waals surface area contributed by atoms with E-state index in [2.05, 4.69) is 10.3 Å². The lowest BCUT2D eigenvalue weighted by Crippen LogP contribution is -2.61. The van der Waals surface area contributed by atoms with Crippen LogP contribution in [-0.4, -0.2) is 195 Å². The number of aromatic nitrogens is 3. The smallest absolute Gasteiger partial charge is 0.311 e. The third kappa shape index (κ3) is 13.7. The molecule has 0 spiro atoms. The molecule has 1 aromatic heterocycles. The molecule has 71 heavy (non-hydrogen) atoms. The van der Waals surface area contributed by atoms with Crippen molar-refractivity contribution in [1.29, 1.82) is 0 Å². The predicted octanol–water partition coefficient (Wildman–Crippen LogP) is 3.59. The summed E-state index contributed by atoms with van der Waals surface area (Å²) >= 11 is 0. The summed E-state index contributed by atoms with van der Waals surface area (Å²) in [6, 6.07) is 5.20. The van der Waals surface area contributed by atoms with Gasteiger partial charge in [0.25, 0.3) is 0 Å². The molecule has 7 N–H and O–H groups in total. The van der Waals surface area contributed by atoms with Crippen molar-refractivity contribution >= 4 is 11.7 Å². The minimum Gasteiger partial charge on any atom is -0.459 e. The van der Waals surface area contributed by atoms with Crippen LogP contribution in [-0.2, 0) is 44.4 Å². The van der Waals surface area contributed by atoms with Crippen LogP contribution in [0.25, 0.3) is 0 Å². The maximum Gasteiger partial charge on any atom is 0.311 e. The Morgan fingerprint density at radius 1 is 0.986 bits per heavy atom. The van der Waals surface area contributed by atoms with E-state index in [0.717, 1.165) is 5.56 Å². The minimum absolute atomic E-state index is 0.0850. The number of aliphatic hydroxyl groups excluding tert-OH is 3. The Bertz CT molecular complexity index is 1970. The number of hydrogen-bond acceptors (Lipinski definition) is 18. The number of rotatable bonds is 15. The monoisotopic (exact) mass is 1010 g/mol. The second-order valence-electron chi connectivity index (χ2n) is 21.7. The Morgan fingerprint density at radius 3 is 2.25 bits per heavy atom. The first-order valence-corrected chi connectivity index (χ1v) is 25.3. The highest BCUT2D eigenvalue weighted by molar-refractivity contribution is 5.73. The molecule has 3 saturated heterocycles. The number of esters is 1. The minimum atomic E-state index is -1.85. The molecule has 0 saturated carbocycles. The molecule has 0 radical (unpaired) electrons. The molecule has 4 heterocycles. The highest BCUT2D eigenvalue weighted by Gasteiger charge is 2.53. The highest BCUT2D eigenvalue weighted by Crippen LogP contribution is 2.40. The van der Waals surface area contributed by atoms with E-state index in [1.807, 2.05) is 37.7 Å². The first-order chi connectivity index (χ1) is 33.2. The highest BCUT2D eigenvalue weighted by atomic mass is 19.1. The molecule has 20 atom stereocenters. The Balaban J connectivity index is 1.45. The summed E-state index contributed by atoms with van der Waals surface area (Å²) in [4.78, 5) is 18.4. The van der Waals surface area contributed by atoms with Crippen LogP contribution in [0.3, 0.4) is 0 Å². The van der Waals surface area contributed by atoms with Crippen LogP contribution < -0.4 is 5.73 Å². The van der Waals surface area contributed by atoms with Gasteiger partial charge in [0.2, 0.25) is 0 Å². The van der Waals surface area contributed by atoms with Gasteiger partial charge in [-0.2, -0.15) is 0 Å². The molecule has 3 aliphatic rings. The lowest BCUT2D eigenvalue weighted by molar-refractivity contribution is -0.318. The van der Waals surface area contributed by atoms with Crippen molar-refractivity contribution in [3.63, 3.8) is 0 Å². The first-order valence-electron chi connectivity index (χ1n) is 25.3. The number of carbonyl (C=O) groups is 1. The lowest BCUT2D eigenvalue weighted by Gasteiger charge is -2.49. The van der Waals surface area contributed by atoms with Crippen molar-refractivity contribution < 1.29 is 67.9 Å². The molecule has 5 rings (SSSR count). The number of cyclic esters (lactones) is 1. The fourth-order valence-corrected chi connectivity index (χ4v) is 11.2. The second-order valence-corrected chi connectivity index (χ2v) is 21.7. The van der Waals surface area contributed by atoms with Gasteiger partial charge >= 0.3 is 5.97 Å². The summed E-state index contributed by atoms with van der Waals surface area (Å²) in [6.07, 6.45) is -7.96. The van der Waals surface area contributed by atoms with E-state index in [4.69, 9.17) is 38.9 Å². The van der Waals surface area contributed by atoms with Gasteiger partial charge in [-0.05, 0) is 105 Å². The molecule has 2 aromatic rings. The van der Waals surface area contributed by atoms with Gasteiger partial charge in [-0.15, -0.1) is 5.10 Å². The quantitative estimate of drug-likeness (QED) is 0.110. The third-order valence-electron chi connectivity index (χ3n) is 15.8. The molecule has 19 nitrogen and oxygen atoms in total. The molecular formula is C51H87FN6O13. The average Bonchev–Trinajstić information content (AvgIpc) is 3.79. The van der Waals surface area contributed by atoms with Gasteiger partial charge in [-0.1, -0.05) is 38.1 Å². The summed E-state index contributed by atoms with van der Waals surface area (Å²) in [5.74, 6) is -2.87. The Labute approximate surface area is 420 Å². The number of ether oxygens (including phenoxy) is 7. The van der Waals surface area contributed by atoms with Gasteiger partial charge < -0.3 is 74.2 Å². The summed E-state index contributed by atoms with van der Waals surface area (Å²) in [6.45, 7) is 17.5. The predicted molar refractivity (Wildman–Crippen MR) is 262 cm³/mol. The van der Waals surface area contributed by atoms with Crippen LogP contribution in [0.4, 0.5) is 10.1 Å². The molecule has 0 aliphatic carbocycles. The van der Waals surface area contributed by atoms with Crippen molar-refractivity contribution in [3.05, 3.63) is 41.7 Å². The molecule has 3 fully saturated rings. The van der Waals surface area contributed by atoms with Crippen LogP contribution >= 0.6 is 0 Å². The summed E-state index contributed by atoms with van der Waals surface area (Å²) < 4.78 is 60.1. The molecule has 0 bridgehead atoms. The standard InChI is InChI=1S/C51H87FN6O13/c1-15-39-51(10,64)44(60)32(6)57(12)26-28(2)23-49(8,63)46(30(4)42(31(5)47(62)69-39)70-40-24-50(9,66-14)45(61)33(7)68-40)71-48-41(59)37(22-29(3)67-48)56(11)21-20-36-27-58(55-54-36)38(25-52)43(65-13)34-16-18-35(53)19-17-34/h16-19,27-33,37-46,48,59-61,63-64H,15,20-26,53H2,1-14H3/t28-,29-,30+,31-,32-,33+,37+,38-,39-,40+,41-,42+,43-,44-,45+,46-,48+,49-,50-,51-/m1/s1. The number of aliphatic hydroxyl groups is 5. The third-order valence-corrected chi connectivity index (χ3v) is 15.8. The number of likely N-dealkylation sites (N-methyl/N-ethyl adjacent to an activating group) is 2. The summed E-state index contributed by atoms with van der Waals surface area (Å²) in [7, 11) is 6.72. The number of nitrogens with two attached hydrogens (primary N) is 1. The zero-order valence-corrected chi connectivity index (χ0v) is 44.6. The molecule has 0 unspecified atom stereocenters. The van der Waals surface area contributed by atoms with Gasteiger partial charge in [0.1, 0.15) is 48.8 Å². The van der Waals surface area contributed by atoms with Gasteiger partial charge in [-0.3, -0.25) is 4.79 Å². The number of hydrogen-bond donors (Lipinski definition) is 6. The largest absolute Gasteiger partial charge is 0.459 e. The van der Waals surface area contributed by atoms with Crippen molar-refractivity contribution in [3.8, 4) is 0 Å². The zero-order chi connectivity index (χ0) is 52.9. The van der Waals surface area contributed by atoms with E-state index >= 15 is 0 Å². The summed E-state index contributed by atoms with van der Waals surface area (Å²) in [5.41, 5.74) is 3.23. The van der Waals surface area contributed by atoms with Gasteiger partial charge in [0.15, 0.2) is 12.6 Å². The van der Waals surface area contributed by atoms with Crippen molar-refractivity contribution in [1.82, 2.24) is 24.8 Å². The topological polar surface area (TPSA) is 246 Å². The number of methoxy groups -OCH3 is 2. The average molecular weight is 1010 g/mol. The first kappa shape index (κ1) is 58.9. The number of halogens is 1. The number of nitrogen functional groups attached to an aromatic ring is 1. The number of alkyl halides is 1. The van der Waals surface area contributed by atoms with Crippen LogP contribution in [0, 0.1) is 17.8 Å². The molecule has 0 amide bonds. The summed E-state index contributed by atoms with van der Waals surface area (Å²) in [5, 5.41) is 68.3. The number of nitrogens with zero attached hydrogens (tertiary/aromatic N) is 5. The normalized spacial score (nSPS) is 40.4. The van der Waals surface area contributed by atoms with Gasteiger partial charge in [0.05, 0.1) is 47.2 Å². The van der Waals surface area contributed by atoms with Crippen LogP contribution in [0.2, 0.25) is 0 Å². The second kappa shape index (κ2) is 24.6. The van der Waals surface area contributed by atoms with Crippen LogP contribution in [0.5, 0.6) is 0 Å². The van der Waals surface area contributed by atoms with E-state index in [-0.39, 0.29) is 25.2 Å². The number of benzene rings is 1. The fraction of sp³-hybridized carbons (Fsp3) is 0.824. The molecule has 1 aromatic carbocycles. The molecule has 20 heteroatoms. The van der Waals surface area contributed by atoms with Crippen LogP contribution in [0.1, 0.15) is 118 Å². The van der Waals surface area contributed by atoms with Gasteiger partial charge in [-0.25, -0.2) is 9.07 Å². The number of anilines is 1. The van der Waals surface area contributed by atoms with Crippen molar-refractivity contribution in [2.75, 3.05) is 53.8 Å². The number of carbonyl (C=O) groups excluding carboxylic acids is 1. The van der Waals surface area contributed by atoms with Crippen molar-refractivity contribution in [2.24, 2.45) is 17.8 Å². The van der Waals surface area contributed by atoms with E-state index < -0.39 is 127 Å². The fourth-order valence-electron chi connectivity index (χ4n) is 11.2. The maximum absolute atomic E-state index is 14.6. The van der Waals surface area contributed by atoms with Crippen molar-refractivity contribution in [2.45, 2.75) is 204 Å². The molecule has 3 aliphatic heterocycles. The van der Waals surface area contributed by atoms with Crippen LogP contribution in [0.15, 0.2) is 30.5 Å². The Morgan fingerprint density at radius 2 is 1.65 bits per heavy atom. The maximum atomic E-state index is 14.6. The molecular weight excluding hydrogens is 924 g/mol. The van der Waals surface area contributed by atoms with E-state index in [9.17, 15) is 34.7 Å². The van der Waals surface area contributed by atoms with Gasteiger partial charge in [0, 0.05) is 70.0 Å². The van der Waals surface area contributed by atoms with E-state index in [0.29, 0.717) is 37.3 Å². The molecule has 406 valence electrons. The SMILES string of the molecule is CC[C@H]1OC(=O)[C@H](C)[C@@H](O[C@H]2C[C@@](C)(OC)[C@@H](O)[C@H](C)O2)[C@H](C)[C@@H](O[C@@H]2O[C@H](C)C[C@H](N(C)CCc3cn([C@H](CF)[C@H](OC)c4ccc(N)cc4)nn3)[C@H]2O)[C@](C)(O)C[C@@H](C)CN(C)[C@H](C)[C@@H](O)[C@]1(C)O. The Hall–Kier alpha value is -2.96. The Kier molecular flexibility index (Phi) is 20.4. The zero-order valence-electron chi connectivity index (χ0n) is 44.6. The van der Waals surface area contributed by atoms with E-state index in [1.165, 1.54) is 25.8 Å².